The summed E-state index contributed by atoms with van der Waals surface area (Å²) < 4.78 is 0. The van der Waals surface area contributed by atoms with Crippen LogP contribution >= 0.6 is 0 Å². The van der Waals surface area contributed by atoms with Gasteiger partial charge in [0.25, 0.3) is 0 Å². The molecular weight excluding hydrogens is 188 g/mol. The number of urea groups is 1. The van der Waals surface area contributed by atoms with Crippen molar-refractivity contribution in [2.24, 2.45) is 5.41 Å². The molecule has 0 unspecified atom stereocenters. The monoisotopic (exact) mass is 212 g/mol. The third-order valence-electron chi connectivity index (χ3n) is 2.66. The summed E-state index contributed by atoms with van der Waals surface area (Å²) in [6, 6.07) is 0.199. The molecule has 3 nitrogen and oxygen atoms in total. The average molecular weight is 212 g/mol. The Kier molecular flexibility index (Phi) is 4.00. The van der Waals surface area contributed by atoms with Gasteiger partial charge in [0.05, 0.1) is 0 Å². The minimum Gasteiger partial charge on any atom is -0.327 e. The van der Waals surface area contributed by atoms with Gasteiger partial charge in [-0.05, 0) is 24.7 Å². The highest BCUT2D eigenvalue weighted by Crippen LogP contribution is 2.16. The molecule has 1 heterocycles. The van der Waals surface area contributed by atoms with Gasteiger partial charge in [-0.1, -0.05) is 20.8 Å². The number of hydrogen-bond donors (Lipinski definition) is 0. The van der Waals surface area contributed by atoms with E-state index in [1.165, 1.54) is 6.42 Å². The number of carbonyl (C=O) groups is 1. The van der Waals surface area contributed by atoms with Gasteiger partial charge in [0, 0.05) is 26.7 Å². The van der Waals surface area contributed by atoms with Crippen LogP contribution in [0.15, 0.2) is 0 Å². The molecule has 1 rings (SSSR count). The SMILES string of the molecule is CN(CC(C)(C)C)C(=O)N1CCCCC1. The van der Waals surface area contributed by atoms with E-state index in [0.29, 0.717) is 0 Å². The molecular formula is C12H24N2O. The summed E-state index contributed by atoms with van der Waals surface area (Å²) in [5, 5.41) is 0. The highest BCUT2D eigenvalue weighted by Gasteiger charge is 2.23. The van der Waals surface area contributed by atoms with Crippen molar-refractivity contribution in [3.63, 3.8) is 0 Å². The van der Waals surface area contributed by atoms with Crippen LogP contribution in [0.4, 0.5) is 4.79 Å². The number of carbonyl (C=O) groups excluding carboxylic acids is 1. The van der Waals surface area contributed by atoms with E-state index in [2.05, 4.69) is 20.8 Å². The minimum atomic E-state index is 0.181. The predicted molar refractivity (Wildman–Crippen MR) is 62.9 cm³/mol. The van der Waals surface area contributed by atoms with Crippen molar-refractivity contribution >= 4 is 6.03 Å². The van der Waals surface area contributed by atoms with Gasteiger partial charge in [-0.2, -0.15) is 0 Å². The molecule has 2 amide bonds. The van der Waals surface area contributed by atoms with Gasteiger partial charge in [0.15, 0.2) is 0 Å². The Hall–Kier alpha value is -0.730. The molecule has 1 saturated heterocycles. The Morgan fingerprint density at radius 2 is 1.73 bits per heavy atom. The summed E-state index contributed by atoms with van der Waals surface area (Å²) in [5.41, 5.74) is 0.181. The Bertz CT molecular complexity index is 214. The van der Waals surface area contributed by atoms with E-state index in [1.807, 2.05) is 16.8 Å². The quantitative estimate of drug-likeness (QED) is 0.655. The molecule has 3 heteroatoms. The van der Waals surface area contributed by atoms with E-state index in [1.54, 1.807) is 0 Å². The lowest BCUT2D eigenvalue weighted by atomic mass is 9.96. The van der Waals surface area contributed by atoms with Crippen molar-refractivity contribution in [3.8, 4) is 0 Å². The first-order valence-corrected chi connectivity index (χ1v) is 5.90. The molecule has 0 atom stereocenters. The van der Waals surface area contributed by atoms with E-state index in [0.717, 1.165) is 32.5 Å². The summed E-state index contributed by atoms with van der Waals surface area (Å²) in [6.45, 7) is 9.18. The molecule has 15 heavy (non-hydrogen) atoms. The van der Waals surface area contributed by atoms with Crippen molar-refractivity contribution in [3.05, 3.63) is 0 Å². The van der Waals surface area contributed by atoms with E-state index >= 15 is 0 Å². The number of likely N-dealkylation sites (tertiary alicyclic amines) is 1. The van der Waals surface area contributed by atoms with Crippen LogP contribution in [-0.4, -0.2) is 42.5 Å². The molecule has 0 aliphatic carbocycles. The zero-order valence-electron chi connectivity index (χ0n) is 10.5. The summed E-state index contributed by atoms with van der Waals surface area (Å²) >= 11 is 0. The molecule has 0 bridgehead atoms. The predicted octanol–water partition coefficient (Wildman–Crippen LogP) is 2.57. The van der Waals surface area contributed by atoms with Gasteiger partial charge in [-0.15, -0.1) is 0 Å². The first kappa shape index (κ1) is 12.3. The smallest absolute Gasteiger partial charge is 0.319 e. The van der Waals surface area contributed by atoms with Crippen LogP contribution in [-0.2, 0) is 0 Å². The Labute approximate surface area is 93.4 Å². The van der Waals surface area contributed by atoms with E-state index in [4.69, 9.17) is 0 Å². The summed E-state index contributed by atoms with van der Waals surface area (Å²) in [6.07, 6.45) is 3.59. The summed E-state index contributed by atoms with van der Waals surface area (Å²) in [7, 11) is 1.90. The van der Waals surface area contributed by atoms with Crippen molar-refractivity contribution in [2.45, 2.75) is 40.0 Å². The van der Waals surface area contributed by atoms with Gasteiger partial charge in [0.1, 0.15) is 0 Å². The van der Waals surface area contributed by atoms with Crippen molar-refractivity contribution in [2.75, 3.05) is 26.7 Å². The average Bonchev–Trinajstić information content (AvgIpc) is 2.15. The van der Waals surface area contributed by atoms with Crippen LogP contribution in [0.5, 0.6) is 0 Å². The lowest BCUT2D eigenvalue weighted by Gasteiger charge is -2.34. The van der Waals surface area contributed by atoms with Crippen LogP contribution in [0.1, 0.15) is 40.0 Å². The first-order chi connectivity index (χ1) is 6.90. The summed E-state index contributed by atoms with van der Waals surface area (Å²) in [4.78, 5) is 15.9. The van der Waals surface area contributed by atoms with Crippen molar-refractivity contribution in [1.82, 2.24) is 9.80 Å². The normalized spacial score (nSPS) is 17.7. The molecule has 1 aliphatic heterocycles. The highest BCUT2D eigenvalue weighted by molar-refractivity contribution is 5.74. The lowest BCUT2D eigenvalue weighted by Crippen LogP contribution is -2.46. The van der Waals surface area contributed by atoms with Crippen LogP contribution < -0.4 is 0 Å². The second kappa shape index (κ2) is 4.86. The maximum atomic E-state index is 12.0. The third-order valence-corrected chi connectivity index (χ3v) is 2.66. The zero-order chi connectivity index (χ0) is 11.5. The summed E-state index contributed by atoms with van der Waals surface area (Å²) in [5.74, 6) is 0. The van der Waals surface area contributed by atoms with Gasteiger partial charge in [-0.3, -0.25) is 0 Å². The maximum Gasteiger partial charge on any atom is 0.319 e. The molecule has 0 aromatic rings. The maximum absolute atomic E-state index is 12.0. The van der Waals surface area contributed by atoms with Crippen LogP contribution in [0, 0.1) is 5.41 Å². The second-order valence-electron chi connectivity index (χ2n) is 5.75. The number of hydrogen-bond acceptors (Lipinski definition) is 1. The van der Waals surface area contributed by atoms with Crippen LogP contribution in [0.25, 0.3) is 0 Å². The molecule has 0 aromatic carbocycles. The fraction of sp³-hybridized carbons (Fsp3) is 0.917. The van der Waals surface area contributed by atoms with Crippen molar-refractivity contribution < 1.29 is 4.79 Å². The standard InChI is InChI=1S/C12H24N2O/c1-12(2,3)10-13(4)11(15)14-8-6-5-7-9-14/h5-10H2,1-4H3. The van der Waals surface area contributed by atoms with Crippen LogP contribution in [0.2, 0.25) is 0 Å². The first-order valence-electron chi connectivity index (χ1n) is 5.90. The zero-order valence-corrected chi connectivity index (χ0v) is 10.5. The second-order valence-corrected chi connectivity index (χ2v) is 5.75. The van der Waals surface area contributed by atoms with Gasteiger partial charge in [-0.25, -0.2) is 4.79 Å². The Balaban J connectivity index is 2.44. The molecule has 1 fully saturated rings. The number of rotatable bonds is 1. The fourth-order valence-electron chi connectivity index (χ4n) is 2.11. The van der Waals surface area contributed by atoms with Gasteiger partial charge < -0.3 is 9.80 Å². The van der Waals surface area contributed by atoms with Gasteiger partial charge >= 0.3 is 6.03 Å². The largest absolute Gasteiger partial charge is 0.327 e. The topological polar surface area (TPSA) is 23.6 Å². The minimum absolute atomic E-state index is 0.181. The Morgan fingerprint density at radius 3 is 2.20 bits per heavy atom. The number of nitrogens with zero attached hydrogens (tertiary/aromatic N) is 2. The highest BCUT2D eigenvalue weighted by atomic mass is 16.2. The van der Waals surface area contributed by atoms with Crippen LogP contribution in [0.3, 0.4) is 0 Å². The molecule has 0 aromatic heterocycles. The molecule has 1 aliphatic rings. The van der Waals surface area contributed by atoms with E-state index < -0.39 is 0 Å². The molecule has 88 valence electrons. The Morgan fingerprint density at radius 1 is 1.20 bits per heavy atom. The van der Waals surface area contributed by atoms with Gasteiger partial charge in [0.2, 0.25) is 0 Å². The third kappa shape index (κ3) is 4.10. The molecule has 0 saturated carbocycles. The molecule has 0 N–H and O–H groups in total. The lowest BCUT2D eigenvalue weighted by molar-refractivity contribution is 0.138. The van der Waals surface area contributed by atoms with Crippen molar-refractivity contribution in [1.29, 1.82) is 0 Å². The van der Waals surface area contributed by atoms with E-state index in [9.17, 15) is 4.79 Å². The van der Waals surface area contributed by atoms with E-state index in [-0.39, 0.29) is 11.4 Å². The molecule has 0 spiro atoms. The molecule has 0 radical (unpaired) electrons. The number of amides is 2. The number of piperidine rings is 1. The fourth-order valence-corrected chi connectivity index (χ4v) is 2.11.